The summed E-state index contributed by atoms with van der Waals surface area (Å²) >= 11 is 0. The minimum Gasteiger partial charge on any atom is -0.265 e. The Bertz CT molecular complexity index is 986. The molecule has 0 saturated heterocycles. The number of hydrogen-bond acceptors (Lipinski definition) is 3. The van der Waals surface area contributed by atoms with Crippen molar-refractivity contribution in [2.24, 2.45) is 0 Å². The molecular weight excluding hydrogens is 344 g/mol. The second-order valence-corrected chi connectivity index (χ2v) is 7.97. The molecule has 1 aromatic heterocycles. The van der Waals surface area contributed by atoms with Gasteiger partial charge in [0.2, 0.25) is 10.0 Å². The number of aryl methyl sites for hydroxylation is 1. The van der Waals surface area contributed by atoms with Crippen molar-refractivity contribution in [3.63, 3.8) is 0 Å². The molecule has 1 unspecified atom stereocenters. The molecule has 0 aliphatic rings. The molecule has 0 radical (unpaired) electrons. The fourth-order valence-corrected chi connectivity index (χ4v) is 4.32. The maximum atomic E-state index is 12.8. The van der Waals surface area contributed by atoms with Gasteiger partial charge in [0.25, 0.3) is 0 Å². The molecule has 134 valence electrons. The third-order valence-corrected chi connectivity index (χ3v) is 5.78. The van der Waals surface area contributed by atoms with Crippen molar-refractivity contribution in [1.82, 2.24) is 9.71 Å². The Kier molecular flexibility index (Phi) is 5.49. The molecule has 1 atom stereocenters. The zero-order chi connectivity index (χ0) is 18.6. The van der Waals surface area contributed by atoms with Gasteiger partial charge in [-0.05, 0) is 65.9 Å². The molecular formula is C21H22N2O2S. The minimum absolute atomic E-state index is 0.290. The van der Waals surface area contributed by atoms with Crippen LogP contribution >= 0.6 is 0 Å². The van der Waals surface area contributed by atoms with E-state index in [0.29, 0.717) is 11.3 Å². The number of pyridine rings is 1. The highest BCUT2D eigenvalue weighted by Gasteiger charge is 2.20. The van der Waals surface area contributed by atoms with E-state index < -0.39 is 10.0 Å². The number of hydrogen-bond donors (Lipinski definition) is 1. The average Bonchev–Trinajstić information content (AvgIpc) is 2.67. The second kappa shape index (κ2) is 7.81. The summed E-state index contributed by atoms with van der Waals surface area (Å²) in [6, 6.07) is 18.5. The first-order valence-corrected chi connectivity index (χ1v) is 10.1. The molecule has 26 heavy (non-hydrogen) atoms. The molecule has 0 saturated carbocycles. The van der Waals surface area contributed by atoms with Crippen LogP contribution in [0.4, 0.5) is 0 Å². The second-order valence-electron chi connectivity index (χ2n) is 6.26. The van der Waals surface area contributed by atoms with Gasteiger partial charge in [-0.1, -0.05) is 37.3 Å². The van der Waals surface area contributed by atoms with E-state index in [0.717, 1.165) is 22.3 Å². The summed E-state index contributed by atoms with van der Waals surface area (Å²) in [5, 5.41) is 0. The van der Waals surface area contributed by atoms with Gasteiger partial charge in [0.15, 0.2) is 0 Å². The van der Waals surface area contributed by atoms with Crippen molar-refractivity contribution < 1.29 is 8.42 Å². The molecule has 0 aliphatic carbocycles. The Morgan fingerprint density at radius 2 is 1.69 bits per heavy atom. The lowest BCUT2D eigenvalue weighted by Gasteiger charge is -2.19. The van der Waals surface area contributed by atoms with E-state index in [1.807, 2.05) is 56.3 Å². The lowest BCUT2D eigenvalue weighted by molar-refractivity contribution is 0.550. The molecule has 3 rings (SSSR count). The first kappa shape index (κ1) is 18.3. The lowest BCUT2D eigenvalue weighted by Crippen LogP contribution is -2.28. The SMILES string of the molecule is CCC(NS(=O)(=O)c1cccc(C)c1)c1cccc(-c2ccncc2)c1. The summed E-state index contributed by atoms with van der Waals surface area (Å²) in [5.41, 5.74) is 3.95. The van der Waals surface area contributed by atoms with Crippen LogP contribution in [0.1, 0.15) is 30.5 Å². The summed E-state index contributed by atoms with van der Waals surface area (Å²) < 4.78 is 28.4. The number of nitrogens with zero attached hydrogens (tertiary/aromatic N) is 1. The minimum atomic E-state index is -3.58. The first-order valence-electron chi connectivity index (χ1n) is 8.59. The standard InChI is InChI=1S/C21H22N2O2S/c1-3-21(23-26(24,25)20-9-4-6-16(2)14-20)19-8-5-7-18(15-19)17-10-12-22-13-11-17/h4-15,21,23H,3H2,1-2H3. The zero-order valence-corrected chi connectivity index (χ0v) is 15.7. The fourth-order valence-electron chi connectivity index (χ4n) is 2.90. The number of rotatable bonds is 6. The predicted octanol–water partition coefficient (Wildman–Crippen LogP) is 4.49. The van der Waals surface area contributed by atoms with Crippen LogP contribution in [0.5, 0.6) is 0 Å². The number of sulfonamides is 1. The maximum Gasteiger partial charge on any atom is 0.241 e. The number of aromatic nitrogens is 1. The van der Waals surface area contributed by atoms with Crippen molar-refractivity contribution in [3.05, 3.63) is 84.2 Å². The van der Waals surface area contributed by atoms with Gasteiger partial charge in [0.05, 0.1) is 4.90 Å². The molecule has 5 heteroatoms. The van der Waals surface area contributed by atoms with Crippen LogP contribution in [0.25, 0.3) is 11.1 Å². The summed E-state index contributed by atoms with van der Waals surface area (Å²) in [6.07, 6.45) is 4.16. The third kappa shape index (κ3) is 4.18. The van der Waals surface area contributed by atoms with E-state index in [-0.39, 0.29) is 6.04 Å². The van der Waals surface area contributed by atoms with Crippen molar-refractivity contribution in [2.75, 3.05) is 0 Å². The van der Waals surface area contributed by atoms with Gasteiger partial charge >= 0.3 is 0 Å². The molecule has 1 N–H and O–H groups in total. The highest BCUT2D eigenvalue weighted by molar-refractivity contribution is 7.89. The van der Waals surface area contributed by atoms with Gasteiger partial charge in [-0.2, -0.15) is 0 Å². The molecule has 0 spiro atoms. The van der Waals surface area contributed by atoms with Crippen LogP contribution in [0.15, 0.2) is 78.0 Å². The smallest absolute Gasteiger partial charge is 0.241 e. The van der Waals surface area contributed by atoms with Gasteiger partial charge in [-0.25, -0.2) is 13.1 Å². The first-order chi connectivity index (χ1) is 12.5. The lowest BCUT2D eigenvalue weighted by atomic mass is 9.99. The summed E-state index contributed by atoms with van der Waals surface area (Å²) in [6.45, 7) is 3.86. The van der Waals surface area contributed by atoms with Crippen LogP contribution in [0.3, 0.4) is 0 Å². The Morgan fingerprint density at radius 1 is 0.962 bits per heavy atom. The van der Waals surface area contributed by atoms with Crippen LogP contribution in [0.2, 0.25) is 0 Å². The highest BCUT2D eigenvalue weighted by atomic mass is 32.2. The molecule has 0 bridgehead atoms. The highest BCUT2D eigenvalue weighted by Crippen LogP contribution is 2.26. The molecule has 2 aromatic carbocycles. The van der Waals surface area contributed by atoms with Crippen LogP contribution < -0.4 is 4.72 Å². The van der Waals surface area contributed by atoms with E-state index in [2.05, 4.69) is 9.71 Å². The Morgan fingerprint density at radius 3 is 2.38 bits per heavy atom. The third-order valence-electron chi connectivity index (χ3n) is 4.31. The Labute approximate surface area is 155 Å². The van der Waals surface area contributed by atoms with Crippen LogP contribution in [-0.4, -0.2) is 13.4 Å². The normalized spacial score (nSPS) is 12.7. The number of benzene rings is 2. The molecule has 1 heterocycles. The molecule has 0 fully saturated rings. The largest absolute Gasteiger partial charge is 0.265 e. The van der Waals surface area contributed by atoms with Crippen molar-refractivity contribution in [1.29, 1.82) is 0 Å². The van der Waals surface area contributed by atoms with E-state index in [1.54, 1.807) is 30.6 Å². The van der Waals surface area contributed by atoms with E-state index in [1.165, 1.54) is 0 Å². The summed E-state index contributed by atoms with van der Waals surface area (Å²) in [4.78, 5) is 4.33. The molecule has 0 amide bonds. The monoisotopic (exact) mass is 366 g/mol. The molecule has 3 aromatic rings. The maximum absolute atomic E-state index is 12.8. The van der Waals surface area contributed by atoms with Gasteiger partial charge in [0.1, 0.15) is 0 Å². The Balaban J connectivity index is 1.90. The van der Waals surface area contributed by atoms with Gasteiger partial charge in [0, 0.05) is 18.4 Å². The fraction of sp³-hybridized carbons (Fsp3) is 0.190. The van der Waals surface area contributed by atoms with E-state index >= 15 is 0 Å². The summed E-state index contributed by atoms with van der Waals surface area (Å²) in [5.74, 6) is 0. The quantitative estimate of drug-likeness (QED) is 0.699. The van der Waals surface area contributed by atoms with E-state index in [9.17, 15) is 8.42 Å². The van der Waals surface area contributed by atoms with Gasteiger partial charge in [-0.15, -0.1) is 0 Å². The van der Waals surface area contributed by atoms with Crippen LogP contribution in [-0.2, 0) is 10.0 Å². The van der Waals surface area contributed by atoms with E-state index in [4.69, 9.17) is 0 Å². The summed E-state index contributed by atoms with van der Waals surface area (Å²) in [7, 11) is -3.58. The van der Waals surface area contributed by atoms with Crippen molar-refractivity contribution in [3.8, 4) is 11.1 Å². The zero-order valence-electron chi connectivity index (χ0n) is 14.9. The van der Waals surface area contributed by atoms with Gasteiger partial charge < -0.3 is 0 Å². The van der Waals surface area contributed by atoms with Crippen LogP contribution in [0, 0.1) is 6.92 Å². The molecule has 4 nitrogen and oxygen atoms in total. The Hall–Kier alpha value is -2.50. The van der Waals surface area contributed by atoms with Gasteiger partial charge in [-0.3, -0.25) is 4.98 Å². The molecule has 0 aliphatic heterocycles. The topological polar surface area (TPSA) is 59.1 Å². The van der Waals surface area contributed by atoms with Crippen molar-refractivity contribution in [2.45, 2.75) is 31.2 Å². The van der Waals surface area contributed by atoms with Crippen molar-refractivity contribution >= 4 is 10.0 Å². The predicted molar refractivity (Wildman–Crippen MR) is 104 cm³/mol. The number of nitrogens with one attached hydrogen (secondary N) is 1. The average molecular weight is 366 g/mol.